The first-order valence-electron chi connectivity index (χ1n) is 3.27. The predicted octanol–water partition coefficient (Wildman–Crippen LogP) is 0.702. The Bertz CT molecular complexity index is 233. The fourth-order valence-electron chi connectivity index (χ4n) is 0.733. The molecular formula is C8H8O2Sn. The number of carbonyl (C=O) groups excluding carboxylic acids is 1. The molecule has 11 heavy (non-hydrogen) atoms. The number of benzene rings is 1. The number of hydrogen-bond acceptors (Lipinski definition) is 2. The average Bonchev–Trinajstić information content (AvgIpc) is 2.07. The summed E-state index contributed by atoms with van der Waals surface area (Å²) in [6, 6.07) is 9.01. The number of ether oxygens (including phenoxy) is 1. The SMILES string of the molecule is O=C(O[CH2][SnH])c1ccccc1. The minimum atomic E-state index is -0.224. The fraction of sp³-hybridized carbons (Fsp3) is 0.125. The second-order valence-corrected chi connectivity index (χ2v) is 2.92. The Morgan fingerprint density at radius 3 is 2.55 bits per heavy atom. The van der Waals surface area contributed by atoms with Crippen molar-refractivity contribution in [2.45, 2.75) is 0 Å². The predicted molar refractivity (Wildman–Crippen MR) is 43.9 cm³/mol. The summed E-state index contributed by atoms with van der Waals surface area (Å²) in [6.45, 7) is 0. The summed E-state index contributed by atoms with van der Waals surface area (Å²) in [5.41, 5.74) is 0.627. The fourth-order valence-corrected chi connectivity index (χ4v) is 1.17. The van der Waals surface area contributed by atoms with Crippen molar-refractivity contribution >= 4 is 28.5 Å². The molecule has 0 unspecified atom stereocenters. The van der Waals surface area contributed by atoms with Crippen molar-refractivity contribution in [3.05, 3.63) is 35.9 Å². The van der Waals surface area contributed by atoms with Crippen LogP contribution >= 0.6 is 0 Å². The average molecular weight is 255 g/mol. The van der Waals surface area contributed by atoms with E-state index in [1.165, 1.54) is 0 Å². The van der Waals surface area contributed by atoms with E-state index in [0.29, 0.717) is 10.2 Å². The quantitative estimate of drug-likeness (QED) is 0.574. The second kappa shape index (κ2) is 4.38. The zero-order chi connectivity index (χ0) is 8.10. The number of carbonyl (C=O) groups is 1. The molecule has 1 rings (SSSR count). The first-order valence-corrected chi connectivity index (χ1v) is 5.60. The summed E-state index contributed by atoms with van der Waals surface area (Å²) < 4.78 is 5.40. The van der Waals surface area contributed by atoms with Crippen molar-refractivity contribution in [3.63, 3.8) is 0 Å². The van der Waals surface area contributed by atoms with Gasteiger partial charge in [0.1, 0.15) is 0 Å². The van der Waals surface area contributed by atoms with Gasteiger partial charge >= 0.3 is 78.5 Å². The van der Waals surface area contributed by atoms with Gasteiger partial charge in [0.2, 0.25) is 0 Å². The molecule has 0 spiro atoms. The Kier molecular flexibility index (Phi) is 3.42. The van der Waals surface area contributed by atoms with E-state index in [2.05, 4.69) is 0 Å². The Morgan fingerprint density at radius 2 is 2.00 bits per heavy atom. The summed E-state index contributed by atoms with van der Waals surface area (Å²) in [5.74, 6) is -0.224. The van der Waals surface area contributed by atoms with Gasteiger partial charge in [-0.25, -0.2) is 0 Å². The van der Waals surface area contributed by atoms with Crippen LogP contribution in [0.25, 0.3) is 0 Å². The third-order valence-corrected chi connectivity index (χ3v) is 1.70. The van der Waals surface area contributed by atoms with E-state index in [-0.39, 0.29) is 5.97 Å². The van der Waals surface area contributed by atoms with Crippen molar-refractivity contribution in [1.29, 1.82) is 0 Å². The van der Waals surface area contributed by atoms with E-state index in [4.69, 9.17) is 4.74 Å². The van der Waals surface area contributed by atoms with E-state index in [0.717, 1.165) is 22.5 Å². The van der Waals surface area contributed by atoms with Gasteiger partial charge in [-0.2, -0.15) is 0 Å². The molecule has 1 aromatic carbocycles. The van der Waals surface area contributed by atoms with Crippen LogP contribution < -0.4 is 0 Å². The van der Waals surface area contributed by atoms with Crippen molar-refractivity contribution in [3.8, 4) is 0 Å². The Morgan fingerprint density at radius 1 is 1.36 bits per heavy atom. The summed E-state index contributed by atoms with van der Waals surface area (Å²) in [4.78, 5) is 11.0. The van der Waals surface area contributed by atoms with Crippen LogP contribution in [0.3, 0.4) is 0 Å². The molecule has 0 fully saturated rings. The molecule has 0 aliphatic carbocycles. The molecule has 2 nitrogen and oxygen atoms in total. The summed E-state index contributed by atoms with van der Waals surface area (Å²) in [5, 5.41) is 0. The molecule has 0 aliphatic rings. The van der Waals surface area contributed by atoms with Gasteiger partial charge in [-0.1, -0.05) is 0 Å². The number of rotatable bonds is 2. The van der Waals surface area contributed by atoms with Crippen molar-refractivity contribution in [2.24, 2.45) is 0 Å². The molecule has 0 amide bonds. The maximum atomic E-state index is 11.0. The molecule has 0 saturated heterocycles. The number of hydrogen-bond donors (Lipinski definition) is 0. The van der Waals surface area contributed by atoms with Gasteiger partial charge < -0.3 is 0 Å². The monoisotopic (exact) mass is 256 g/mol. The van der Waals surface area contributed by atoms with Gasteiger partial charge in [0.15, 0.2) is 0 Å². The van der Waals surface area contributed by atoms with Crippen LogP contribution in [0.1, 0.15) is 10.4 Å². The normalized spacial score (nSPS) is 9.18. The van der Waals surface area contributed by atoms with Gasteiger partial charge in [0, 0.05) is 0 Å². The molecule has 56 valence electrons. The Hall–Kier alpha value is -0.511. The van der Waals surface area contributed by atoms with Crippen molar-refractivity contribution < 1.29 is 9.53 Å². The molecule has 0 atom stereocenters. The minimum absolute atomic E-state index is 0.224. The molecule has 0 saturated carbocycles. The summed E-state index contributed by atoms with van der Waals surface area (Å²) >= 11 is 0.952. The Labute approximate surface area is 78.6 Å². The van der Waals surface area contributed by atoms with Crippen LogP contribution in [-0.4, -0.2) is 33.1 Å². The van der Waals surface area contributed by atoms with Gasteiger partial charge in [0.05, 0.1) is 0 Å². The standard InChI is InChI=1S/C8H7O2.Sn.H/c1-10-8(9)7-5-3-2-4-6-7;;/h2-6H,1H2;;. The van der Waals surface area contributed by atoms with Gasteiger partial charge in [-0.3, -0.25) is 0 Å². The molecule has 2 radical (unpaired) electrons. The van der Waals surface area contributed by atoms with Gasteiger partial charge in [0.25, 0.3) is 0 Å². The second-order valence-electron chi connectivity index (χ2n) is 1.96. The van der Waals surface area contributed by atoms with Crippen LogP contribution in [0, 0.1) is 0 Å². The third kappa shape index (κ3) is 2.53. The Balaban J connectivity index is 2.69. The summed E-state index contributed by atoms with van der Waals surface area (Å²) in [6.07, 6.45) is 0. The van der Waals surface area contributed by atoms with Crippen LogP contribution in [-0.2, 0) is 4.74 Å². The molecule has 0 aliphatic heterocycles. The third-order valence-electron chi connectivity index (χ3n) is 1.22. The van der Waals surface area contributed by atoms with Gasteiger partial charge in [-0.15, -0.1) is 0 Å². The maximum absolute atomic E-state index is 11.0. The molecular weight excluding hydrogens is 247 g/mol. The van der Waals surface area contributed by atoms with Crippen LogP contribution in [0.4, 0.5) is 0 Å². The first-order chi connectivity index (χ1) is 5.34. The molecule has 0 bridgehead atoms. The number of esters is 1. The first kappa shape index (κ1) is 8.58. The molecule has 3 heteroatoms. The van der Waals surface area contributed by atoms with Crippen LogP contribution in [0.2, 0.25) is 0 Å². The van der Waals surface area contributed by atoms with Crippen LogP contribution in [0.5, 0.6) is 0 Å². The molecule has 0 N–H and O–H groups in total. The van der Waals surface area contributed by atoms with E-state index >= 15 is 0 Å². The van der Waals surface area contributed by atoms with Crippen LogP contribution in [0.15, 0.2) is 30.3 Å². The molecule has 1 aromatic rings. The molecule has 0 aromatic heterocycles. The van der Waals surface area contributed by atoms with Crippen molar-refractivity contribution in [2.75, 3.05) is 4.62 Å². The molecule has 0 heterocycles. The van der Waals surface area contributed by atoms with E-state index in [1.54, 1.807) is 12.1 Å². The van der Waals surface area contributed by atoms with E-state index in [9.17, 15) is 4.79 Å². The van der Waals surface area contributed by atoms with E-state index < -0.39 is 0 Å². The zero-order valence-corrected chi connectivity index (χ0v) is 9.28. The van der Waals surface area contributed by atoms with E-state index in [1.807, 2.05) is 18.2 Å². The summed E-state index contributed by atoms with van der Waals surface area (Å²) in [7, 11) is 0. The zero-order valence-electron chi connectivity index (χ0n) is 5.99. The van der Waals surface area contributed by atoms with Gasteiger partial charge in [-0.05, 0) is 0 Å². The van der Waals surface area contributed by atoms with Crippen molar-refractivity contribution in [1.82, 2.24) is 0 Å². The topological polar surface area (TPSA) is 26.3 Å².